The summed E-state index contributed by atoms with van der Waals surface area (Å²) in [5, 5.41) is 5.75. The van der Waals surface area contributed by atoms with Crippen LogP contribution in [0.5, 0.6) is 0 Å². The summed E-state index contributed by atoms with van der Waals surface area (Å²) in [7, 11) is 0. The lowest BCUT2D eigenvalue weighted by atomic mass is 10.2. The van der Waals surface area contributed by atoms with Gasteiger partial charge >= 0.3 is 0 Å². The van der Waals surface area contributed by atoms with E-state index in [4.69, 9.17) is 16.0 Å². The number of nitrogens with zero attached hydrogens (tertiary/aromatic N) is 2. The minimum absolute atomic E-state index is 0.663. The summed E-state index contributed by atoms with van der Waals surface area (Å²) < 4.78 is 5.16. The molecule has 94 valence electrons. The Bertz CT molecular complexity index is 723. The average Bonchev–Trinajstić information content (AvgIpc) is 2.92. The number of hydrogen-bond acceptors (Lipinski definition) is 4. The maximum atomic E-state index is 5.94. The molecule has 0 aliphatic carbocycles. The first-order valence-electron chi connectivity index (χ1n) is 5.70. The normalized spacial score (nSPS) is 11.2. The van der Waals surface area contributed by atoms with E-state index in [0.29, 0.717) is 10.8 Å². The number of nitrogens with one attached hydrogen (secondary N) is 1. The summed E-state index contributed by atoms with van der Waals surface area (Å²) in [4.78, 5) is 4.27. The van der Waals surface area contributed by atoms with E-state index < -0.39 is 0 Å². The third-order valence-electron chi connectivity index (χ3n) is 2.62. The van der Waals surface area contributed by atoms with Crippen molar-refractivity contribution in [2.75, 3.05) is 5.43 Å². The molecule has 2 heterocycles. The Kier molecular flexibility index (Phi) is 3.16. The molecule has 0 saturated carbocycles. The highest BCUT2D eigenvalue weighted by Gasteiger charge is 2.01. The van der Waals surface area contributed by atoms with Crippen LogP contribution in [0.1, 0.15) is 5.76 Å². The van der Waals surface area contributed by atoms with Gasteiger partial charge in [0.25, 0.3) is 0 Å². The van der Waals surface area contributed by atoms with Gasteiger partial charge in [-0.1, -0.05) is 11.6 Å². The fourth-order valence-electron chi connectivity index (χ4n) is 1.75. The number of aromatic nitrogens is 1. The predicted molar refractivity (Wildman–Crippen MR) is 76.7 cm³/mol. The zero-order chi connectivity index (χ0) is 13.1. The van der Waals surface area contributed by atoms with E-state index in [0.717, 1.165) is 16.6 Å². The second-order valence-electron chi connectivity index (χ2n) is 3.91. The summed E-state index contributed by atoms with van der Waals surface area (Å²) in [6, 6.07) is 11.1. The van der Waals surface area contributed by atoms with Crippen molar-refractivity contribution in [3.8, 4) is 0 Å². The molecule has 5 heteroatoms. The molecule has 0 saturated heterocycles. The maximum Gasteiger partial charge on any atom is 0.146 e. The average molecular weight is 272 g/mol. The minimum Gasteiger partial charge on any atom is -0.463 e. The Morgan fingerprint density at radius 2 is 2.21 bits per heavy atom. The van der Waals surface area contributed by atoms with Crippen molar-refractivity contribution < 1.29 is 4.42 Å². The highest BCUT2D eigenvalue weighted by Crippen LogP contribution is 2.24. The van der Waals surface area contributed by atoms with Crippen molar-refractivity contribution in [1.29, 1.82) is 0 Å². The van der Waals surface area contributed by atoms with Crippen LogP contribution >= 0.6 is 11.6 Å². The number of hydrazone groups is 1. The topological polar surface area (TPSA) is 50.4 Å². The highest BCUT2D eigenvalue weighted by atomic mass is 35.5. The Morgan fingerprint density at radius 3 is 3.05 bits per heavy atom. The van der Waals surface area contributed by atoms with Gasteiger partial charge in [-0.25, -0.2) is 0 Å². The Morgan fingerprint density at radius 1 is 1.26 bits per heavy atom. The van der Waals surface area contributed by atoms with Crippen molar-refractivity contribution in [1.82, 2.24) is 4.98 Å². The molecule has 0 aliphatic heterocycles. The van der Waals surface area contributed by atoms with Crippen LogP contribution in [-0.4, -0.2) is 11.2 Å². The SMILES string of the molecule is Clc1ccc2c(N/N=C/c3ccco3)ccnc2c1. The third kappa shape index (κ3) is 2.58. The van der Waals surface area contributed by atoms with Crippen LogP contribution in [0.2, 0.25) is 5.02 Å². The highest BCUT2D eigenvalue weighted by molar-refractivity contribution is 6.31. The fraction of sp³-hybridized carbons (Fsp3) is 0. The van der Waals surface area contributed by atoms with Gasteiger partial charge in [-0.15, -0.1) is 0 Å². The molecule has 19 heavy (non-hydrogen) atoms. The van der Waals surface area contributed by atoms with Crippen molar-refractivity contribution >= 4 is 34.4 Å². The van der Waals surface area contributed by atoms with Gasteiger partial charge < -0.3 is 4.42 Å². The predicted octanol–water partition coefficient (Wildman–Crippen LogP) is 3.93. The van der Waals surface area contributed by atoms with Crippen molar-refractivity contribution in [2.24, 2.45) is 5.10 Å². The fourth-order valence-corrected chi connectivity index (χ4v) is 1.92. The second-order valence-corrected chi connectivity index (χ2v) is 4.34. The largest absolute Gasteiger partial charge is 0.463 e. The molecule has 0 fully saturated rings. The van der Waals surface area contributed by atoms with Crippen LogP contribution in [0.15, 0.2) is 58.4 Å². The van der Waals surface area contributed by atoms with E-state index in [1.807, 2.05) is 36.4 Å². The van der Waals surface area contributed by atoms with Gasteiger partial charge in [-0.05, 0) is 36.4 Å². The van der Waals surface area contributed by atoms with Crippen LogP contribution in [0.3, 0.4) is 0 Å². The smallest absolute Gasteiger partial charge is 0.146 e. The van der Waals surface area contributed by atoms with Gasteiger partial charge in [-0.3, -0.25) is 10.4 Å². The van der Waals surface area contributed by atoms with Gasteiger partial charge in [0, 0.05) is 16.6 Å². The Balaban J connectivity index is 1.89. The molecule has 2 aromatic heterocycles. The molecule has 3 aromatic rings. The van der Waals surface area contributed by atoms with Crippen LogP contribution in [-0.2, 0) is 0 Å². The summed E-state index contributed by atoms with van der Waals surface area (Å²) in [6.07, 6.45) is 4.93. The number of anilines is 1. The second kappa shape index (κ2) is 5.12. The molecule has 3 rings (SSSR count). The molecule has 1 aromatic carbocycles. The summed E-state index contributed by atoms with van der Waals surface area (Å²) in [5.41, 5.74) is 4.66. The lowest BCUT2D eigenvalue weighted by molar-refractivity contribution is 0.560. The Labute approximate surface area is 114 Å². The van der Waals surface area contributed by atoms with Crippen LogP contribution in [0, 0.1) is 0 Å². The van der Waals surface area contributed by atoms with Gasteiger partial charge in [0.15, 0.2) is 0 Å². The molecule has 0 amide bonds. The van der Waals surface area contributed by atoms with E-state index in [1.165, 1.54) is 0 Å². The van der Waals surface area contributed by atoms with Crippen LogP contribution < -0.4 is 5.43 Å². The quantitative estimate of drug-likeness (QED) is 0.580. The number of pyridine rings is 1. The van der Waals surface area contributed by atoms with Crippen molar-refractivity contribution in [2.45, 2.75) is 0 Å². The molecular weight excluding hydrogens is 262 g/mol. The molecule has 0 radical (unpaired) electrons. The first kappa shape index (κ1) is 11.7. The van der Waals surface area contributed by atoms with Gasteiger partial charge in [0.2, 0.25) is 0 Å². The lowest BCUT2D eigenvalue weighted by Crippen LogP contribution is -1.92. The van der Waals surface area contributed by atoms with E-state index in [1.54, 1.807) is 18.7 Å². The van der Waals surface area contributed by atoms with Gasteiger partial charge in [0.05, 0.1) is 23.7 Å². The third-order valence-corrected chi connectivity index (χ3v) is 2.86. The standard InChI is InChI=1S/C14H10ClN3O/c15-10-3-4-12-13(5-6-16-14(12)8-10)18-17-9-11-2-1-7-19-11/h1-9H,(H,16,18)/b17-9+. The van der Waals surface area contributed by atoms with Gasteiger partial charge in [0.1, 0.15) is 5.76 Å². The Hall–Kier alpha value is -2.33. The molecule has 0 aliphatic rings. The number of hydrogen-bond donors (Lipinski definition) is 1. The van der Waals surface area contributed by atoms with Crippen LogP contribution in [0.4, 0.5) is 5.69 Å². The first-order chi connectivity index (χ1) is 9.33. The first-order valence-corrected chi connectivity index (χ1v) is 6.07. The lowest BCUT2D eigenvalue weighted by Gasteiger charge is -2.04. The summed E-state index contributed by atoms with van der Waals surface area (Å²) in [6.45, 7) is 0. The summed E-state index contributed by atoms with van der Waals surface area (Å²) >= 11 is 5.94. The number of rotatable bonds is 3. The van der Waals surface area contributed by atoms with E-state index >= 15 is 0 Å². The van der Waals surface area contributed by atoms with Crippen molar-refractivity contribution in [3.63, 3.8) is 0 Å². The molecule has 0 bridgehead atoms. The molecule has 1 N–H and O–H groups in total. The minimum atomic E-state index is 0.663. The maximum absolute atomic E-state index is 5.94. The monoisotopic (exact) mass is 271 g/mol. The zero-order valence-corrected chi connectivity index (χ0v) is 10.6. The molecule has 0 unspecified atom stereocenters. The van der Waals surface area contributed by atoms with E-state index in [9.17, 15) is 0 Å². The molecule has 0 atom stereocenters. The molecule has 4 nitrogen and oxygen atoms in total. The van der Waals surface area contributed by atoms with E-state index in [-0.39, 0.29) is 0 Å². The number of benzene rings is 1. The summed E-state index contributed by atoms with van der Waals surface area (Å²) in [5.74, 6) is 0.689. The van der Waals surface area contributed by atoms with Crippen molar-refractivity contribution in [3.05, 3.63) is 59.6 Å². The molecule has 0 spiro atoms. The van der Waals surface area contributed by atoms with E-state index in [2.05, 4.69) is 15.5 Å². The number of fused-ring (bicyclic) bond motifs is 1. The zero-order valence-electron chi connectivity index (χ0n) is 9.88. The van der Waals surface area contributed by atoms with Crippen LogP contribution in [0.25, 0.3) is 10.9 Å². The number of furan rings is 1. The van der Waals surface area contributed by atoms with Gasteiger partial charge in [-0.2, -0.15) is 5.10 Å². The number of halogens is 1. The molecular formula is C14H10ClN3O.